The largest absolute Gasteiger partial charge is 0.507 e. The number of hydrogen-bond donors (Lipinski definition) is 1. The van der Waals surface area contributed by atoms with E-state index in [0.29, 0.717) is 11.1 Å². The molecule has 1 N–H and O–H groups in total. The summed E-state index contributed by atoms with van der Waals surface area (Å²) < 4.78 is 5.47. The van der Waals surface area contributed by atoms with Crippen molar-refractivity contribution >= 4 is 5.69 Å². The Balaban J connectivity index is 2.01. The van der Waals surface area contributed by atoms with Gasteiger partial charge in [-0.25, -0.2) is 0 Å². The second kappa shape index (κ2) is 5.04. The number of non-ortho nitro benzene ring substituents is 1. The monoisotopic (exact) mass is 283 g/mol. The van der Waals surface area contributed by atoms with Crippen LogP contribution in [0.25, 0.3) is 22.9 Å². The van der Waals surface area contributed by atoms with Gasteiger partial charge in [-0.1, -0.05) is 18.2 Å². The quantitative estimate of drug-likeness (QED) is 0.585. The van der Waals surface area contributed by atoms with Crippen molar-refractivity contribution < 1.29 is 14.4 Å². The third-order valence-corrected chi connectivity index (χ3v) is 2.86. The van der Waals surface area contributed by atoms with Gasteiger partial charge in [-0.2, -0.15) is 0 Å². The van der Waals surface area contributed by atoms with Crippen molar-refractivity contribution in [3.8, 4) is 28.7 Å². The number of nitrogens with zero attached hydrogens (tertiary/aromatic N) is 3. The molecule has 0 bridgehead atoms. The Bertz CT molecular complexity index is 813. The van der Waals surface area contributed by atoms with Gasteiger partial charge in [0.05, 0.1) is 10.5 Å². The Morgan fingerprint density at radius 1 is 1.05 bits per heavy atom. The fraction of sp³-hybridized carbons (Fsp3) is 0. The second-order valence-electron chi connectivity index (χ2n) is 4.24. The molecule has 104 valence electrons. The van der Waals surface area contributed by atoms with E-state index in [1.807, 2.05) is 0 Å². The fourth-order valence-corrected chi connectivity index (χ4v) is 1.86. The molecule has 0 aliphatic heterocycles. The number of nitro benzene ring substituents is 1. The zero-order valence-electron chi connectivity index (χ0n) is 10.6. The summed E-state index contributed by atoms with van der Waals surface area (Å²) in [6.45, 7) is 0. The van der Waals surface area contributed by atoms with Crippen molar-refractivity contribution in [2.45, 2.75) is 0 Å². The first-order valence-corrected chi connectivity index (χ1v) is 6.02. The lowest BCUT2D eigenvalue weighted by Gasteiger charge is -1.98. The van der Waals surface area contributed by atoms with E-state index < -0.39 is 4.92 Å². The summed E-state index contributed by atoms with van der Waals surface area (Å²) in [6.07, 6.45) is 0. The molecule has 21 heavy (non-hydrogen) atoms. The van der Waals surface area contributed by atoms with Crippen LogP contribution < -0.4 is 0 Å². The first-order valence-electron chi connectivity index (χ1n) is 6.02. The molecule has 3 aromatic rings. The molecule has 0 atom stereocenters. The van der Waals surface area contributed by atoms with Gasteiger partial charge in [-0.3, -0.25) is 10.1 Å². The number of phenols is 1. The van der Waals surface area contributed by atoms with Crippen molar-refractivity contribution in [3.05, 3.63) is 58.6 Å². The number of nitro groups is 1. The van der Waals surface area contributed by atoms with Crippen LogP contribution in [0, 0.1) is 10.1 Å². The Morgan fingerprint density at radius 2 is 1.81 bits per heavy atom. The summed E-state index contributed by atoms with van der Waals surface area (Å²) in [5.74, 6) is 0.318. The molecule has 0 radical (unpaired) electrons. The van der Waals surface area contributed by atoms with Crippen molar-refractivity contribution in [1.82, 2.24) is 10.2 Å². The van der Waals surface area contributed by atoms with Crippen molar-refractivity contribution in [2.75, 3.05) is 0 Å². The van der Waals surface area contributed by atoms with E-state index in [1.54, 1.807) is 24.3 Å². The maximum absolute atomic E-state index is 10.8. The minimum atomic E-state index is -0.496. The summed E-state index contributed by atoms with van der Waals surface area (Å²) in [4.78, 5) is 10.3. The van der Waals surface area contributed by atoms with Gasteiger partial charge in [-0.15, -0.1) is 10.2 Å². The van der Waals surface area contributed by atoms with E-state index in [9.17, 15) is 15.2 Å². The van der Waals surface area contributed by atoms with E-state index in [2.05, 4.69) is 10.2 Å². The van der Waals surface area contributed by atoms with Crippen molar-refractivity contribution in [1.29, 1.82) is 0 Å². The molecular weight excluding hydrogens is 274 g/mol. The zero-order chi connectivity index (χ0) is 14.8. The van der Waals surface area contributed by atoms with E-state index in [0.717, 1.165) is 0 Å². The minimum Gasteiger partial charge on any atom is -0.507 e. The molecule has 3 rings (SSSR count). The first-order chi connectivity index (χ1) is 10.1. The lowest BCUT2D eigenvalue weighted by Crippen LogP contribution is -1.88. The number of rotatable bonds is 3. The van der Waals surface area contributed by atoms with Gasteiger partial charge in [0.25, 0.3) is 11.6 Å². The number of benzene rings is 2. The van der Waals surface area contributed by atoms with Gasteiger partial charge in [0.2, 0.25) is 5.89 Å². The molecule has 7 heteroatoms. The Morgan fingerprint density at radius 3 is 2.57 bits per heavy atom. The van der Waals surface area contributed by atoms with Crippen LogP contribution in [-0.2, 0) is 0 Å². The van der Waals surface area contributed by atoms with Crippen LogP contribution >= 0.6 is 0 Å². The molecular formula is C14H9N3O4. The SMILES string of the molecule is O=[N+]([O-])c1cccc(-c2nnc(-c3ccccc3O)o2)c1. The first kappa shape index (κ1) is 12.8. The predicted octanol–water partition coefficient (Wildman–Crippen LogP) is 3.02. The molecule has 0 aliphatic rings. The normalized spacial score (nSPS) is 10.5. The molecule has 0 saturated heterocycles. The standard InChI is InChI=1S/C14H9N3O4/c18-12-7-2-1-6-11(12)14-16-15-13(21-14)9-4-3-5-10(8-9)17(19)20/h1-8,18H. The summed E-state index contributed by atoms with van der Waals surface area (Å²) in [5, 5.41) is 28.2. The van der Waals surface area contributed by atoms with Gasteiger partial charge in [0, 0.05) is 17.7 Å². The van der Waals surface area contributed by atoms with E-state index in [1.165, 1.54) is 24.3 Å². The smallest absolute Gasteiger partial charge is 0.270 e. The maximum atomic E-state index is 10.8. The van der Waals surface area contributed by atoms with Crippen LogP contribution in [0.4, 0.5) is 5.69 Å². The molecule has 7 nitrogen and oxygen atoms in total. The highest BCUT2D eigenvalue weighted by atomic mass is 16.6. The maximum Gasteiger partial charge on any atom is 0.270 e. The molecule has 0 fully saturated rings. The Kier molecular flexibility index (Phi) is 3.07. The van der Waals surface area contributed by atoms with Crippen LogP contribution in [-0.4, -0.2) is 20.2 Å². The van der Waals surface area contributed by atoms with Gasteiger partial charge in [0.15, 0.2) is 0 Å². The highest BCUT2D eigenvalue weighted by molar-refractivity contribution is 5.64. The second-order valence-corrected chi connectivity index (χ2v) is 4.24. The molecule has 0 unspecified atom stereocenters. The summed E-state index contributed by atoms with van der Waals surface area (Å²) in [6, 6.07) is 12.5. The van der Waals surface area contributed by atoms with Gasteiger partial charge < -0.3 is 9.52 Å². The average Bonchev–Trinajstić information content (AvgIpc) is 2.97. The van der Waals surface area contributed by atoms with Crippen LogP contribution in [0.15, 0.2) is 52.9 Å². The molecule has 2 aromatic carbocycles. The summed E-state index contributed by atoms with van der Waals surface area (Å²) in [7, 11) is 0. The summed E-state index contributed by atoms with van der Waals surface area (Å²) in [5.41, 5.74) is 0.787. The zero-order valence-corrected chi connectivity index (χ0v) is 10.6. The number of hydrogen-bond acceptors (Lipinski definition) is 6. The number of aromatic nitrogens is 2. The molecule has 0 amide bonds. The van der Waals surface area contributed by atoms with Crippen LogP contribution in [0.2, 0.25) is 0 Å². The van der Waals surface area contributed by atoms with Gasteiger partial charge >= 0.3 is 0 Å². The predicted molar refractivity (Wildman–Crippen MR) is 73.5 cm³/mol. The highest BCUT2D eigenvalue weighted by Gasteiger charge is 2.15. The third-order valence-electron chi connectivity index (χ3n) is 2.86. The number of aromatic hydroxyl groups is 1. The van der Waals surface area contributed by atoms with Gasteiger partial charge in [-0.05, 0) is 18.2 Å². The summed E-state index contributed by atoms with van der Waals surface area (Å²) >= 11 is 0. The third kappa shape index (κ3) is 2.44. The molecule has 0 saturated carbocycles. The van der Waals surface area contributed by atoms with E-state index in [-0.39, 0.29) is 23.2 Å². The molecule has 1 heterocycles. The Hall–Kier alpha value is -3.22. The lowest BCUT2D eigenvalue weighted by molar-refractivity contribution is -0.384. The van der Waals surface area contributed by atoms with Crippen molar-refractivity contribution in [2.24, 2.45) is 0 Å². The Labute approximate surface area is 118 Å². The fourth-order valence-electron chi connectivity index (χ4n) is 1.86. The highest BCUT2D eigenvalue weighted by Crippen LogP contribution is 2.30. The molecule has 0 aliphatic carbocycles. The van der Waals surface area contributed by atoms with Gasteiger partial charge in [0.1, 0.15) is 5.75 Å². The number of phenolic OH excluding ortho intramolecular Hbond substituents is 1. The minimum absolute atomic E-state index is 0.0201. The van der Waals surface area contributed by atoms with Crippen LogP contribution in [0.3, 0.4) is 0 Å². The topological polar surface area (TPSA) is 102 Å². The van der Waals surface area contributed by atoms with Crippen LogP contribution in [0.5, 0.6) is 5.75 Å². The molecule has 0 spiro atoms. The van der Waals surface area contributed by atoms with E-state index in [4.69, 9.17) is 4.42 Å². The van der Waals surface area contributed by atoms with E-state index >= 15 is 0 Å². The van der Waals surface area contributed by atoms with Crippen molar-refractivity contribution in [3.63, 3.8) is 0 Å². The number of para-hydroxylation sites is 1. The lowest BCUT2D eigenvalue weighted by atomic mass is 10.2. The van der Waals surface area contributed by atoms with Crippen LogP contribution in [0.1, 0.15) is 0 Å². The molecule has 1 aromatic heterocycles. The average molecular weight is 283 g/mol.